The Kier molecular flexibility index (Phi) is 13.2. The Morgan fingerprint density at radius 3 is 2.60 bits per heavy atom. The van der Waals surface area contributed by atoms with Gasteiger partial charge in [0.25, 0.3) is 0 Å². The summed E-state index contributed by atoms with van der Waals surface area (Å²) in [5.74, 6) is 12.0. The number of hydrazine groups is 1. The normalized spacial score (nSPS) is 11.9. The van der Waals surface area contributed by atoms with Crippen molar-refractivity contribution in [2.75, 3.05) is 26.0 Å². The maximum absolute atomic E-state index is 12.1. The van der Waals surface area contributed by atoms with Gasteiger partial charge in [-0.1, -0.05) is 23.6 Å². The number of aromatic nitrogens is 2. The number of amides is 2. The van der Waals surface area contributed by atoms with Gasteiger partial charge in [0.15, 0.2) is 5.16 Å². The van der Waals surface area contributed by atoms with Crippen LogP contribution < -0.4 is 22.2 Å². The number of hydrogen-bond acceptors (Lipinski definition) is 9. The Hall–Kier alpha value is -2.81. The molecule has 0 unspecified atom stereocenters. The molecular weight excluding hydrogens is 466 g/mol. The molecule has 0 aliphatic carbocycles. The number of rotatable bonds is 15. The predicted molar refractivity (Wildman–Crippen MR) is 139 cm³/mol. The fourth-order valence-electron chi connectivity index (χ4n) is 2.88. The third-order valence-corrected chi connectivity index (χ3v) is 5.38. The van der Waals surface area contributed by atoms with E-state index in [1.807, 2.05) is 34.0 Å². The van der Waals surface area contributed by atoms with Gasteiger partial charge in [-0.3, -0.25) is 9.59 Å². The smallest absolute Gasteiger partial charge is 0.220 e. The lowest BCUT2D eigenvalue weighted by Crippen LogP contribution is -2.44. The molecule has 1 aromatic heterocycles. The third kappa shape index (κ3) is 14.2. The number of thioether (sulfide) groups is 1. The molecule has 0 aliphatic rings. The van der Waals surface area contributed by atoms with Gasteiger partial charge in [0.05, 0.1) is 24.3 Å². The summed E-state index contributed by atoms with van der Waals surface area (Å²) in [6, 6.07) is 0. The molecule has 1 rings (SSSR count). The number of nitrogens with one attached hydrogen (secondary N) is 2. The molecule has 1 aromatic rings. The van der Waals surface area contributed by atoms with Gasteiger partial charge in [-0.05, 0) is 46.8 Å². The summed E-state index contributed by atoms with van der Waals surface area (Å²) in [5.41, 5.74) is 6.31. The molecule has 6 N–H and O–H groups in total. The van der Waals surface area contributed by atoms with E-state index in [0.717, 1.165) is 5.56 Å². The number of ether oxygens (including phenoxy) is 1. The van der Waals surface area contributed by atoms with Gasteiger partial charge < -0.3 is 26.1 Å². The number of carbonyl (C=O) groups is 2. The van der Waals surface area contributed by atoms with Crippen molar-refractivity contribution in [1.29, 1.82) is 0 Å². The SMILES string of the molecule is CSc1ncc(C#CCCCC(=O)NC/C(N)=C/N(N)CC(C)(C)OCCC(C)(C)NC=O)cn1. The summed E-state index contributed by atoms with van der Waals surface area (Å²) in [6.07, 6.45) is 9.82. The number of unbranched alkanes of at least 4 members (excludes halogenated alkanes) is 1. The lowest BCUT2D eigenvalue weighted by Gasteiger charge is -2.31. The Morgan fingerprint density at radius 2 is 1.97 bits per heavy atom. The van der Waals surface area contributed by atoms with Gasteiger partial charge in [0.1, 0.15) is 0 Å². The lowest BCUT2D eigenvalue weighted by molar-refractivity contribution is -0.121. The molecule has 1 heterocycles. The fraction of sp³-hybridized carbons (Fsp3) is 0.583. The summed E-state index contributed by atoms with van der Waals surface area (Å²) < 4.78 is 5.93. The highest BCUT2D eigenvalue weighted by molar-refractivity contribution is 7.98. The minimum Gasteiger partial charge on any atom is -0.399 e. The molecule has 35 heavy (non-hydrogen) atoms. The van der Waals surface area contributed by atoms with Crippen LogP contribution in [0.25, 0.3) is 0 Å². The van der Waals surface area contributed by atoms with E-state index in [9.17, 15) is 9.59 Å². The summed E-state index contributed by atoms with van der Waals surface area (Å²) in [5, 5.41) is 7.70. The molecule has 11 heteroatoms. The van der Waals surface area contributed by atoms with E-state index >= 15 is 0 Å². The lowest BCUT2D eigenvalue weighted by atomic mass is 10.0. The molecule has 0 aliphatic heterocycles. The van der Waals surface area contributed by atoms with Gasteiger partial charge in [0.2, 0.25) is 12.3 Å². The first-order valence-corrected chi connectivity index (χ1v) is 12.6. The quantitative estimate of drug-likeness (QED) is 0.0529. The Labute approximate surface area is 213 Å². The maximum atomic E-state index is 12.1. The molecule has 0 aromatic carbocycles. The van der Waals surface area contributed by atoms with Crippen molar-refractivity contribution in [2.45, 2.75) is 69.7 Å². The van der Waals surface area contributed by atoms with Crippen LogP contribution in [-0.4, -0.2) is 64.4 Å². The Bertz CT molecular complexity index is 893. The van der Waals surface area contributed by atoms with Crippen molar-refractivity contribution in [3.8, 4) is 11.8 Å². The van der Waals surface area contributed by atoms with Crippen LogP contribution in [0.4, 0.5) is 0 Å². The molecule has 0 bridgehead atoms. The van der Waals surface area contributed by atoms with Crippen LogP contribution in [0.1, 0.15) is 58.9 Å². The fourth-order valence-corrected chi connectivity index (χ4v) is 3.20. The zero-order valence-corrected chi connectivity index (χ0v) is 22.2. The maximum Gasteiger partial charge on any atom is 0.220 e. The second-order valence-corrected chi connectivity index (χ2v) is 10.0. The molecule has 2 amide bonds. The minimum atomic E-state index is -0.532. The van der Waals surface area contributed by atoms with Crippen LogP contribution >= 0.6 is 11.8 Å². The average Bonchev–Trinajstić information content (AvgIpc) is 2.77. The van der Waals surface area contributed by atoms with Crippen molar-refractivity contribution in [3.05, 3.63) is 29.9 Å². The first-order chi connectivity index (χ1) is 16.5. The van der Waals surface area contributed by atoms with Crippen LogP contribution in [-0.2, 0) is 14.3 Å². The Morgan fingerprint density at radius 1 is 1.29 bits per heavy atom. The topological polar surface area (TPSA) is 148 Å². The first-order valence-electron chi connectivity index (χ1n) is 11.4. The van der Waals surface area contributed by atoms with E-state index in [0.29, 0.717) is 56.1 Å². The number of carbonyl (C=O) groups excluding carboxylic acids is 2. The molecule has 0 radical (unpaired) electrons. The van der Waals surface area contributed by atoms with Crippen LogP contribution in [0.2, 0.25) is 0 Å². The monoisotopic (exact) mass is 505 g/mol. The first kappa shape index (κ1) is 30.2. The molecule has 0 saturated carbocycles. The Balaban J connectivity index is 2.31. The van der Waals surface area contributed by atoms with Crippen LogP contribution in [0, 0.1) is 11.8 Å². The summed E-state index contributed by atoms with van der Waals surface area (Å²) in [7, 11) is 0. The highest BCUT2D eigenvalue weighted by Crippen LogP contribution is 2.14. The van der Waals surface area contributed by atoms with E-state index in [4.69, 9.17) is 16.3 Å². The molecule has 0 saturated heterocycles. The number of nitrogens with two attached hydrogens (primary N) is 2. The van der Waals surface area contributed by atoms with Gasteiger partial charge in [-0.25, -0.2) is 15.8 Å². The van der Waals surface area contributed by atoms with Gasteiger partial charge in [0, 0.05) is 49.3 Å². The van der Waals surface area contributed by atoms with E-state index in [-0.39, 0.29) is 18.0 Å². The molecule has 0 fully saturated rings. The van der Waals surface area contributed by atoms with E-state index in [1.165, 1.54) is 16.8 Å². The number of hydrogen-bond donors (Lipinski definition) is 4. The standard InChI is InChI=1S/C24H39N7O3S/c1-23(2,30-18-32)11-12-34-24(3,4)17-31(26)16-20(25)15-27-21(33)10-8-6-7-9-19-13-28-22(35-5)29-14-19/h13-14,16,18H,6,8,10-12,15,17,25-26H2,1-5H3,(H,27,33)(H,30,32)/b20-16-. The molecule has 10 nitrogen and oxygen atoms in total. The average molecular weight is 506 g/mol. The summed E-state index contributed by atoms with van der Waals surface area (Å²) in [4.78, 5) is 31.0. The zero-order chi connectivity index (χ0) is 26.3. The second kappa shape index (κ2) is 15.2. The van der Waals surface area contributed by atoms with Gasteiger partial charge in [-0.15, -0.1) is 0 Å². The van der Waals surface area contributed by atoms with Gasteiger partial charge in [-0.2, -0.15) is 0 Å². The summed E-state index contributed by atoms with van der Waals surface area (Å²) in [6.45, 7) is 8.77. The van der Waals surface area contributed by atoms with Crippen molar-refractivity contribution >= 4 is 24.1 Å². The van der Waals surface area contributed by atoms with Crippen LogP contribution in [0.15, 0.2) is 29.4 Å². The zero-order valence-electron chi connectivity index (χ0n) is 21.4. The van der Waals surface area contributed by atoms with Crippen molar-refractivity contribution in [3.63, 3.8) is 0 Å². The largest absolute Gasteiger partial charge is 0.399 e. The molecule has 0 atom stereocenters. The highest BCUT2D eigenvalue weighted by atomic mass is 32.2. The predicted octanol–water partition coefficient (Wildman–Crippen LogP) is 1.52. The van der Waals surface area contributed by atoms with Crippen molar-refractivity contribution < 1.29 is 14.3 Å². The highest BCUT2D eigenvalue weighted by Gasteiger charge is 2.23. The van der Waals surface area contributed by atoms with E-state index in [1.54, 1.807) is 18.6 Å². The third-order valence-electron chi connectivity index (χ3n) is 4.80. The second-order valence-electron chi connectivity index (χ2n) is 9.27. The van der Waals surface area contributed by atoms with Gasteiger partial charge >= 0.3 is 0 Å². The van der Waals surface area contributed by atoms with Crippen molar-refractivity contribution in [1.82, 2.24) is 25.6 Å². The molecule has 194 valence electrons. The minimum absolute atomic E-state index is 0.102. The number of nitrogens with zero attached hydrogens (tertiary/aromatic N) is 3. The molecule has 0 spiro atoms. The summed E-state index contributed by atoms with van der Waals surface area (Å²) >= 11 is 1.48. The van der Waals surface area contributed by atoms with Crippen LogP contribution in [0.3, 0.4) is 0 Å². The van der Waals surface area contributed by atoms with E-state index < -0.39 is 5.60 Å². The molecular formula is C24H39N7O3S. The van der Waals surface area contributed by atoms with Crippen LogP contribution in [0.5, 0.6) is 0 Å². The van der Waals surface area contributed by atoms with Crippen molar-refractivity contribution in [2.24, 2.45) is 11.6 Å². The van der Waals surface area contributed by atoms with E-state index in [2.05, 4.69) is 32.4 Å².